The molecule has 1 aromatic heterocycles. The first-order valence-electron chi connectivity index (χ1n) is 9.70. The molecule has 4 rings (SSSR count). The second-order valence-electron chi connectivity index (χ2n) is 6.88. The number of tetrazole rings is 1. The molecule has 28 heavy (non-hydrogen) atoms. The number of piperazine rings is 1. The number of aryl methyl sites for hydroxylation is 1. The van der Waals surface area contributed by atoms with E-state index in [1.54, 1.807) is 4.80 Å². The summed E-state index contributed by atoms with van der Waals surface area (Å²) >= 11 is 0. The van der Waals surface area contributed by atoms with Crippen LogP contribution in [0.3, 0.4) is 0 Å². The first-order valence-corrected chi connectivity index (χ1v) is 9.70. The van der Waals surface area contributed by atoms with Crippen molar-refractivity contribution < 1.29 is 4.79 Å². The second kappa shape index (κ2) is 8.65. The minimum absolute atomic E-state index is 0.205. The minimum Gasteiger partial charge on any atom is -0.368 e. The standard InChI is InChI=1S/C21H24N6O/c28-20(26-16-14-25(15-17-26)19-10-5-2-6-11-19)12-7-13-27-23-21(22-24-27)18-8-3-1-4-9-18/h1-6,8-11H,7,12-17H2. The molecule has 2 heterocycles. The van der Waals surface area contributed by atoms with Crippen LogP contribution in [0.5, 0.6) is 0 Å². The van der Waals surface area contributed by atoms with Crippen LogP contribution in [0.15, 0.2) is 60.7 Å². The van der Waals surface area contributed by atoms with Crippen molar-refractivity contribution in [2.45, 2.75) is 19.4 Å². The molecular weight excluding hydrogens is 352 g/mol. The summed E-state index contributed by atoms with van der Waals surface area (Å²) in [7, 11) is 0. The number of aromatic nitrogens is 4. The number of hydrogen-bond acceptors (Lipinski definition) is 5. The SMILES string of the molecule is O=C(CCCn1nnc(-c2ccccc2)n1)N1CCN(c2ccccc2)CC1. The zero-order chi connectivity index (χ0) is 19.2. The van der Waals surface area contributed by atoms with Crippen molar-refractivity contribution in [3.8, 4) is 11.4 Å². The molecule has 0 aliphatic carbocycles. The monoisotopic (exact) mass is 376 g/mol. The Kier molecular flexibility index (Phi) is 5.61. The molecule has 2 aromatic carbocycles. The molecule has 0 saturated carbocycles. The summed E-state index contributed by atoms with van der Waals surface area (Å²) in [5.41, 5.74) is 2.17. The Balaban J connectivity index is 1.22. The van der Waals surface area contributed by atoms with E-state index in [1.807, 2.05) is 53.4 Å². The third-order valence-corrected chi connectivity index (χ3v) is 4.99. The highest BCUT2D eigenvalue weighted by atomic mass is 16.2. The van der Waals surface area contributed by atoms with E-state index in [-0.39, 0.29) is 5.91 Å². The molecule has 1 aliphatic rings. The van der Waals surface area contributed by atoms with E-state index in [0.717, 1.165) is 31.7 Å². The van der Waals surface area contributed by atoms with E-state index >= 15 is 0 Å². The fourth-order valence-electron chi connectivity index (χ4n) is 3.42. The number of hydrogen-bond donors (Lipinski definition) is 0. The van der Waals surface area contributed by atoms with Crippen LogP contribution >= 0.6 is 0 Å². The van der Waals surface area contributed by atoms with Gasteiger partial charge in [-0.15, -0.1) is 10.2 Å². The minimum atomic E-state index is 0.205. The second-order valence-corrected chi connectivity index (χ2v) is 6.88. The zero-order valence-corrected chi connectivity index (χ0v) is 15.8. The van der Waals surface area contributed by atoms with Crippen LogP contribution in [0, 0.1) is 0 Å². The fourth-order valence-corrected chi connectivity index (χ4v) is 3.42. The molecule has 0 bridgehead atoms. The summed E-state index contributed by atoms with van der Waals surface area (Å²) in [4.78, 5) is 18.4. The Labute approximate surface area is 164 Å². The van der Waals surface area contributed by atoms with Gasteiger partial charge in [0.15, 0.2) is 0 Å². The van der Waals surface area contributed by atoms with Gasteiger partial charge < -0.3 is 9.80 Å². The zero-order valence-electron chi connectivity index (χ0n) is 15.8. The van der Waals surface area contributed by atoms with Crippen LogP contribution in [0.4, 0.5) is 5.69 Å². The summed E-state index contributed by atoms with van der Waals surface area (Å²) < 4.78 is 0. The lowest BCUT2D eigenvalue weighted by molar-refractivity contribution is -0.131. The molecule has 1 saturated heterocycles. The van der Waals surface area contributed by atoms with Crippen molar-refractivity contribution in [1.29, 1.82) is 0 Å². The molecular formula is C21H24N6O. The molecule has 0 spiro atoms. The van der Waals surface area contributed by atoms with Gasteiger partial charge in [0.2, 0.25) is 11.7 Å². The van der Waals surface area contributed by atoms with Crippen LogP contribution in [0.2, 0.25) is 0 Å². The summed E-state index contributed by atoms with van der Waals surface area (Å²) in [5.74, 6) is 0.820. The van der Waals surface area contributed by atoms with Gasteiger partial charge >= 0.3 is 0 Å². The highest BCUT2D eigenvalue weighted by Gasteiger charge is 2.20. The lowest BCUT2D eigenvalue weighted by Crippen LogP contribution is -2.48. The number of rotatable bonds is 6. The molecule has 3 aromatic rings. The summed E-state index contributed by atoms with van der Waals surface area (Å²) in [5, 5.41) is 12.6. The first kappa shape index (κ1) is 18.2. The van der Waals surface area contributed by atoms with Gasteiger partial charge in [-0.1, -0.05) is 48.5 Å². The Hall–Kier alpha value is -3.22. The molecule has 144 valence electrons. The van der Waals surface area contributed by atoms with Gasteiger partial charge in [-0.3, -0.25) is 4.79 Å². The predicted molar refractivity (Wildman–Crippen MR) is 108 cm³/mol. The maximum Gasteiger partial charge on any atom is 0.222 e. The van der Waals surface area contributed by atoms with Gasteiger partial charge in [0, 0.05) is 43.9 Å². The largest absolute Gasteiger partial charge is 0.368 e. The van der Waals surface area contributed by atoms with Gasteiger partial charge in [0.05, 0.1) is 6.54 Å². The Morgan fingerprint density at radius 3 is 2.29 bits per heavy atom. The summed E-state index contributed by atoms with van der Waals surface area (Å²) in [6.45, 7) is 3.89. The number of carbonyl (C=O) groups excluding carboxylic acids is 1. The van der Waals surface area contributed by atoms with Crippen LogP contribution in [-0.2, 0) is 11.3 Å². The third kappa shape index (κ3) is 4.36. The molecule has 1 fully saturated rings. The van der Waals surface area contributed by atoms with Crippen LogP contribution in [0.25, 0.3) is 11.4 Å². The average molecular weight is 376 g/mol. The smallest absolute Gasteiger partial charge is 0.222 e. The van der Waals surface area contributed by atoms with Crippen molar-refractivity contribution in [3.63, 3.8) is 0 Å². The lowest BCUT2D eigenvalue weighted by Gasteiger charge is -2.36. The highest BCUT2D eigenvalue weighted by molar-refractivity contribution is 5.76. The van der Waals surface area contributed by atoms with Crippen molar-refractivity contribution in [3.05, 3.63) is 60.7 Å². The number of carbonyl (C=O) groups is 1. The molecule has 0 atom stereocenters. The van der Waals surface area contributed by atoms with Crippen LogP contribution < -0.4 is 4.90 Å². The normalized spacial score (nSPS) is 14.3. The predicted octanol–water partition coefficient (Wildman–Crippen LogP) is 2.47. The van der Waals surface area contributed by atoms with Crippen LogP contribution in [0.1, 0.15) is 12.8 Å². The Morgan fingerprint density at radius 2 is 1.57 bits per heavy atom. The molecule has 1 aliphatic heterocycles. The van der Waals surface area contributed by atoms with E-state index in [0.29, 0.717) is 25.2 Å². The lowest BCUT2D eigenvalue weighted by atomic mass is 10.2. The van der Waals surface area contributed by atoms with E-state index < -0.39 is 0 Å². The molecule has 1 amide bonds. The van der Waals surface area contributed by atoms with E-state index in [4.69, 9.17) is 0 Å². The Morgan fingerprint density at radius 1 is 0.893 bits per heavy atom. The van der Waals surface area contributed by atoms with Crippen molar-refractivity contribution >= 4 is 11.6 Å². The number of anilines is 1. The number of amides is 1. The molecule has 0 N–H and O–H groups in total. The van der Waals surface area contributed by atoms with Gasteiger partial charge in [-0.05, 0) is 23.8 Å². The van der Waals surface area contributed by atoms with Gasteiger partial charge in [-0.25, -0.2) is 0 Å². The molecule has 0 unspecified atom stereocenters. The average Bonchev–Trinajstić information content (AvgIpc) is 3.24. The van der Waals surface area contributed by atoms with E-state index in [2.05, 4.69) is 32.4 Å². The topological polar surface area (TPSA) is 67.2 Å². The number of benzene rings is 2. The first-order chi connectivity index (χ1) is 13.8. The molecule has 7 heteroatoms. The van der Waals surface area contributed by atoms with E-state index in [9.17, 15) is 4.79 Å². The number of nitrogens with zero attached hydrogens (tertiary/aromatic N) is 6. The quantitative estimate of drug-likeness (QED) is 0.661. The van der Waals surface area contributed by atoms with Crippen molar-refractivity contribution in [2.24, 2.45) is 0 Å². The summed E-state index contributed by atoms with van der Waals surface area (Å²) in [6, 6.07) is 20.1. The maximum atomic E-state index is 12.5. The van der Waals surface area contributed by atoms with Crippen molar-refractivity contribution in [1.82, 2.24) is 25.1 Å². The maximum absolute atomic E-state index is 12.5. The van der Waals surface area contributed by atoms with Crippen molar-refractivity contribution in [2.75, 3.05) is 31.1 Å². The van der Waals surface area contributed by atoms with Gasteiger partial charge in [0.25, 0.3) is 0 Å². The summed E-state index contributed by atoms with van der Waals surface area (Å²) in [6.07, 6.45) is 1.22. The molecule has 0 radical (unpaired) electrons. The van der Waals surface area contributed by atoms with Crippen LogP contribution in [-0.4, -0.2) is 57.2 Å². The van der Waals surface area contributed by atoms with Gasteiger partial charge in [-0.2, -0.15) is 4.80 Å². The number of para-hydroxylation sites is 1. The van der Waals surface area contributed by atoms with Gasteiger partial charge in [0.1, 0.15) is 0 Å². The fraction of sp³-hybridized carbons (Fsp3) is 0.333. The Bertz CT molecular complexity index is 888. The highest BCUT2D eigenvalue weighted by Crippen LogP contribution is 2.16. The third-order valence-electron chi connectivity index (χ3n) is 4.99. The van der Waals surface area contributed by atoms with E-state index in [1.165, 1.54) is 5.69 Å². The molecule has 7 nitrogen and oxygen atoms in total.